The van der Waals surface area contributed by atoms with Crippen molar-refractivity contribution >= 4 is 58.4 Å². The Morgan fingerprint density at radius 1 is 1.03 bits per heavy atom. The Labute approximate surface area is 197 Å². The van der Waals surface area contributed by atoms with Gasteiger partial charge in [-0.2, -0.15) is 0 Å². The molecule has 1 atom stereocenters. The molecular formula is C22H25Cl3N2O2S. The van der Waals surface area contributed by atoms with Crippen LogP contribution in [0.5, 0.6) is 0 Å². The quantitative estimate of drug-likeness (QED) is 0.437. The fourth-order valence-electron chi connectivity index (χ4n) is 2.89. The van der Waals surface area contributed by atoms with Crippen molar-refractivity contribution in [1.29, 1.82) is 0 Å². The van der Waals surface area contributed by atoms with Gasteiger partial charge < -0.3 is 10.2 Å². The monoisotopic (exact) mass is 486 g/mol. The van der Waals surface area contributed by atoms with Gasteiger partial charge in [-0.15, -0.1) is 11.8 Å². The highest BCUT2D eigenvalue weighted by atomic mass is 35.5. The molecule has 0 aliphatic carbocycles. The molecule has 0 bridgehead atoms. The van der Waals surface area contributed by atoms with Crippen molar-refractivity contribution in [3.05, 3.63) is 63.1 Å². The van der Waals surface area contributed by atoms with Crippen molar-refractivity contribution in [3.8, 4) is 0 Å². The van der Waals surface area contributed by atoms with E-state index in [4.69, 9.17) is 34.8 Å². The average molecular weight is 488 g/mol. The molecule has 8 heteroatoms. The Kier molecular flexibility index (Phi) is 9.82. The van der Waals surface area contributed by atoms with Gasteiger partial charge in [0.1, 0.15) is 6.04 Å². The van der Waals surface area contributed by atoms with E-state index < -0.39 is 6.04 Å². The second-order valence-corrected chi connectivity index (χ2v) is 9.40. The zero-order chi connectivity index (χ0) is 22.3. The number of carbonyl (C=O) groups is 2. The highest BCUT2D eigenvalue weighted by Crippen LogP contribution is 2.25. The summed E-state index contributed by atoms with van der Waals surface area (Å²) in [5, 5.41) is 4.42. The van der Waals surface area contributed by atoms with Crippen LogP contribution in [0.2, 0.25) is 15.1 Å². The van der Waals surface area contributed by atoms with E-state index >= 15 is 0 Å². The molecule has 2 aromatic rings. The third-order valence-corrected chi connectivity index (χ3v) is 6.32. The first-order chi connectivity index (χ1) is 14.2. The van der Waals surface area contributed by atoms with Gasteiger partial charge in [0.2, 0.25) is 11.8 Å². The van der Waals surface area contributed by atoms with Crippen LogP contribution >= 0.6 is 46.6 Å². The van der Waals surface area contributed by atoms with Crippen LogP contribution in [0.4, 0.5) is 0 Å². The maximum atomic E-state index is 13.2. The lowest BCUT2D eigenvalue weighted by molar-refractivity contribution is -0.139. The van der Waals surface area contributed by atoms with Gasteiger partial charge in [-0.05, 0) is 62.2 Å². The molecule has 0 saturated carbocycles. The Bertz CT molecular complexity index is 875. The fourth-order valence-corrected chi connectivity index (χ4v) is 4.12. The van der Waals surface area contributed by atoms with E-state index in [0.29, 0.717) is 21.5 Å². The molecular weight excluding hydrogens is 463 g/mol. The first-order valence-corrected chi connectivity index (χ1v) is 11.7. The molecule has 0 saturated heterocycles. The Morgan fingerprint density at radius 2 is 1.70 bits per heavy atom. The number of amides is 2. The Balaban J connectivity index is 2.23. The summed E-state index contributed by atoms with van der Waals surface area (Å²) in [6.45, 7) is 5.95. The Morgan fingerprint density at radius 3 is 2.27 bits per heavy atom. The van der Waals surface area contributed by atoms with Crippen molar-refractivity contribution in [2.75, 3.05) is 5.75 Å². The van der Waals surface area contributed by atoms with Crippen molar-refractivity contribution in [2.45, 2.75) is 50.7 Å². The normalized spacial score (nSPS) is 12.0. The van der Waals surface area contributed by atoms with Crippen molar-refractivity contribution in [2.24, 2.45) is 0 Å². The molecule has 2 amide bonds. The number of nitrogens with zero attached hydrogens (tertiary/aromatic N) is 1. The van der Waals surface area contributed by atoms with Gasteiger partial charge in [0.15, 0.2) is 0 Å². The van der Waals surface area contributed by atoms with Crippen LogP contribution in [-0.2, 0) is 16.1 Å². The molecule has 1 N–H and O–H groups in total. The third kappa shape index (κ3) is 7.38. The lowest BCUT2D eigenvalue weighted by atomic mass is 10.1. The number of carbonyl (C=O) groups excluding carboxylic acids is 2. The first kappa shape index (κ1) is 24.9. The smallest absolute Gasteiger partial charge is 0.243 e. The SMILES string of the molecule is CC[C@@H](C(=O)NC(C)C)N(Cc1ccc(Cl)c(Cl)c1)C(=O)CSc1ccc(Cl)cc1. The average Bonchev–Trinajstić information content (AvgIpc) is 2.69. The van der Waals surface area contributed by atoms with E-state index in [1.54, 1.807) is 29.2 Å². The fraction of sp³-hybridized carbons (Fsp3) is 0.364. The van der Waals surface area contributed by atoms with Crippen LogP contribution in [0.15, 0.2) is 47.4 Å². The van der Waals surface area contributed by atoms with E-state index in [1.807, 2.05) is 39.0 Å². The second kappa shape index (κ2) is 11.8. The van der Waals surface area contributed by atoms with Gasteiger partial charge in [-0.25, -0.2) is 0 Å². The van der Waals surface area contributed by atoms with Crippen LogP contribution in [0, 0.1) is 0 Å². The number of thioether (sulfide) groups is 1. The lowest BCUT2D eigenvalue weighted by Gasteiger charge is -2.31. The van der Waals surface area contributed by atoms with Crippen molar-refractivity contribution in [3.63, 3.8) is 0 Å². The maximum absolute atomic E-state index is 13.2. The molecule has 0 spiro atoms. The van der Waals surface area contributed by atoms with Gasteiger partial charge in [0.05, 0.1) is 15.8 Å². The minimum absolute atomic E-state index is 0.0167. The van der Waals surface area contributed by atoms with E-state index in [2.05, 4.69) is 5.32 Å². The van der Waals surface area contributed by atoms with Crippen LogP contribution in [0.25, 0.3) is 0 Å². The standard InChI is InChI=1S/C22H25Cl3N2O2S/c1-4-20(22(29)26-14(2)3)27(12-15-5-10-18(24)19(25)11-15)21(28)13-30-17-8-6-16(23)7-9-17/h5-11,14,20H,4,12-13H2,1-3H3,(H,26,29)/t20-/m0/s1. The molecule has 0 aromatic heterocycles. The molecule has 0 aliphatic heterocycles. The zero-order valence-electron chi connectivity index (χ0n) is 17.1. The minimum atomic E-state index is -0.583. The van der Waals surface area contributed by atoms with E-state index in [-0.39, 0.29) is 30.2 Å². The van der Waals surface area contributed by atoms with Crippen LogP contribution in [0.3, 0.4) is 0 Å². The number of rotatable bonds is 9. The highest BCUT2D eigenvalue weighted by molar-refractivity contribution is 8.00. The summed E-state index contributed by atoms with van der Waals surface area (Å²) in [6, 6.07) is 11.9. The number of benzene rings is 2. The van der Waals surface area contributed by atoms with Gasteiger partial charge in [-0.3, -0.25) is 9.59 Å². The second-order valence-electron chi connectivity index (χ2n) is 7.10. The topological polar surface area (TPSA) is 49.4 Å². The molecule has 0 aliphatic rings. The predicted molar refractivity (Wildman–Crippen MR) is 127 cm³/mol. The summed E-state index contributed by atoms with van der Waals surface area (Å²) in [4.78, 5) is 28.5. The number of nitrogens with one attached hydrogen (secondary N) is 1. The number of halogens is 3. The minimum Gasteiger partial charge on any atom is -0.352 e. The molecule has 0 heterocycles. The summed E-state index contributed by atoms with van der Waals surface area (Å²) < 4.78 is 0. The van der Waals surface area contributed by atoms with Crippen molar-refractivity contribution in [1.82, 2.24) is 10.2 Å². The van der Waals surface area contributed by atoms with Crippen LogP contribution in [-0.4, -0.2) is 34.6 Å². The summed E-state index contributed by atoms with van der Waals surface area (Å²) in [7, 11) is 0. The van der Waals surface area contributed by atoms with Gasteiger partial charge in [-0.1, -0.05) is 47.8 Å². The summed E-state index contributed by atoms with van der Waals surface area (Å²) in [6.07, 6.45) is 0.497. The third-order valence-electron chi connectivity index (χ3n) is 4.33. The van der Waals surface area contributed by atoms with E-state index in [0.717, 1.165) is 10.5 Å². The van der Waals surface area contributed by atoms with Gasteiger partial charge in [0.25, 0.3) is 0 Å². The van der Waals surface area contributed by atoms with Crippen LogP contribution < -0.4 is 5.32 Å². The lowest BCUT2D eigenvalue weighted by Crippen LogP contribution is -2.50. The molecule has 162 valence electrons. The molecule has 2 aromatic carbocycles. The maximum Gasteiger partial charge on any atom is 0.243 e. The molecule has 0 unspecified atom stereocenters. The number of hydrogen-bond acceptors (Lipinski definition) is 3. The highest BCUT2D eigenvalue weighted by Gasteiger charge is 2.29. The van der Waals surface area contributed by atoms with Crippen LogP contribution in [0.1, 0.15) is 32.8 Å². The van der Waals surface area contributed by atoms with Gasteiger partial charge in [0, 0.05) is 22.5 Å². The Hall–Kier alpha value is -1.40. The molecule has 4 nitrogen and oxygen atoms in total. The number of hydrogen-bond donors (Lipinski definition) is 1. The molecule has 2 rings (SSSR count). The van der Waals surface area contributed by atoms with Gasteiger partial charge >= 0.3 is 0 Å². The van der Waals surface area contributed by atoms with Crippen molar-refractivity contribution < 1.29 is 9.59 Å². The first-order valence-electron chi connectivity index (χ1n) is 9.63. The summed E-state index contributed by atoms with van der Waals surface area (Å²) in [5.74, 6) is -0.0989. The molecule has 0 fully saturated rings. The summed E-state index contributed by atoms with van der Waals surface area (Å²) >= 11 is 19.5. The summed E-state index contributed by atoms with van der Waals surface area (Å²) in [5.41, 5.74) is 0.810. The largest absolute Gasteiger partial charge is 0.352 e. The predicted octanol–water partition coefficient (Wildman–Crippen LogP) is 6.07. The van der Waals surface area contributed by atoms with E-state index in [1.165, 1.54) is 11.8 Å². The van der Waals surface area contributed by atoms with E-state index in [9.17, 15) is 9.59 Å². The molecule has 0 radical (unpaired) electrons. The molecule has 30 heavy (non-hydrogen) atoms. The zero-order valence-corrected chi connectivity index (χ0v) is 20.2.